The van der Waals surface area contributed by atoms with Gasteiger partial charge in [-0.3, -0.25) is 0 Å². The van der Waals surface area contributed by atoms with E-state index in [1.54, 1.807) is 0 Å². The van der Waals surface area contributed by atoms with Crippen molar-refractivity contribution in [2.75, 3.05) is 32.5 Å². The van der Waals surface area contributed by atoms with E-state index >= 15 is 0 Å². The largest absolute Gasteiger partial charge is 0.388 e. The van der Waals surface area contributed by atoms with E-state index in [9.17, 15) is 0 Å². The summed E-state index contributed by atoms with van der Waals surface area (Å²) in [6.07, 6.45) is 16.1. The number of nitrogens with one attached hydrogen (secondary N) is 1. The van der Waals surface area contributed by atoms with Crippen molar-refractivity contribution in [2.24, 2.45) is 29.6 Å². The molecular formula is C42H76N2. The summed E-state index contributed by atoms with van der Waals surface area (Å²) in [6.45, 7) is 24.7. The van der Waals surface area contributed by atoms with Gasteiger partial charge in [0.05, 0.1) is 0 Å². The van der Waals surface area contributed by atoms with Gasteiger partial charge in [-0.05, 0) is 95.5 Å². The zero-order valence-corrected chi connectivity index (χ0v) is 31.6. The number of aryl methyl sites for hydroxylation is 3. The second-order valence-electron chi connectivity index (χ2n) is 14.2. The van der Waals surface area contributed by atoms with Crippen LogP contribution in [0.2, 0.25) is 0 Å². The van der Waals surface area contributed by atoms with Crippen LogP contribution in [-0.2, 0) is 0 Å². The molecule has 0 radical (unpaired) electrons. The fraction of sp³-hybridized carbons (Fsp3) is 0.714. The van der Waals surface area contributed by atoms with Crippen LogP contribution in [0.1, 0.15) is 136 Å². The van der Waals surface area contributed by atoms with E-state index in [2.05, 4.69) is 121 Å². The minimum Gasteiger partial charge on any atom is -0.388 e. The summed E-state index contributed by atoms with van der Waals surface area (Å²) in [5.41, 5.74) is 5.13. The van der Waals surface area contributed by atoms with E-state index in [1.807, 2.05) is 20.9 Å². The molecule has 2 aromatic carbocycles. The van der Waals surface area contributed by atoms with E-state index in [-0.39, 0.29) is 0 Å². The van der Waals surface area contributed by atoms with Crippen molar-refractivity contribution in [2.45, 2.75) is 140 Å². The Morgan fingerprint density at radius 2 is 0.841 bits per heavy atom. The standard InChI is InChI=1S/C9H18.C8H11N.C8H16.C8H10.C7H15N.C2H6/c1-3-9-6-4-8(2)5-7-9;1-7-3-5-8(9-2)6-4-7;3*1-7-3-5-8(2)6-4-7;1-2/h8-9H,3-7H2,1-2H3;3-6,9H,1-2H3;7-8H,3-6H2,1-2H3;3-6H,1-2H3;7H,3-6H2,1-2H3;1-2H3. The average Bonchev–Trinajstić information content (AvgIpc) is 3.04. The molecule has 1 aliphatic heterocycles. The lowest BCUT2D eigenvalue weighted by Gasteiger charge is -2.26. The molecule has 2 nitrogen and oxygen atoms in total. The maximum absolute atomic E-state index is 3.05. The molecule has 2 heteroatoms. The van der Waals surface area contributed by atoms with Gasteiger partial charge in [0.2, 0.25) is 0 Å². The SMILES string of the molecule is CC.CC1CCC(C)CC1.CC1CCN(C)CC1.CCC1CCC(C)CC1.CNc1ccc(C)cc1.Cc1ccc(C)cc1. The van der Waals surface area contributed by atoms with E-state index in [0.29, 0.717) is 0 Å². The van der Waals surface area contributed by atoms with Crippen LogP contribution in [0.15, 0.2) is 48.5 Å². The molecule has 2 aromatic rings. The summed E-state index contributed by atoms with van der Waals surface area (Å²) >= 11 is 0. The summed E-state index contributed by atoms with van der Waals surface area (Å²) in [6, 6.07) is 16.8. The lowest BCUT2D eigenvalue weighted by molar-refractivity contribution is 0.230. The summed E-state index contributed by atoms with van der Waals surface area (Å²) in [4.78, 5) is 2.40. The Kier molecular flexibility index (Phi) is 25.3. The van der Waals surface area contributed by atoms with Gasteiger partial charge in [-0.1, -0.05) is 159 Å². The molecule has 3 aliphatic rings. The third-order valence-electron chi connectivity index (χ3n) is 9.58. The van der Waals surface area contributed by atoms with Crippen LogP contribution < -0.4 is 5.32 Å². The number of anilines is 1. The number of hydrogen-bond donors (Lipinski definition) is 1. The second-order valence-corrected chi connectivity index (χ2v) is 14.2. The Labute approximate surface area is 277 Å². The molecule has 2 aliphatic carbocycles. The van der Waals surface area contributed by atoms with Crippen molar-refractivity contribution in [1.82, 2.24) is 4.90 Å². The van der Waals surface area contributed by atoms with Gasteiger partial charge < -0.3 is 10.2 Å². The first kappa shape index (κ1) is 42.2. The summed E-state index contributed by atoms with van der Waals surface area (Å²) in [7, 11) is 4.12. The summed E-state index contributed by atoms with van der Waals surface area (Å²) < 4.78 is 0. The third kappa shape index (κ3) is 22.7. The maximum atomic E-state index is 3.05. The Morgan fingerprint density at radius 1 is 0.545 bits per heavy atom. The van der Waals surface area contributed by atoms with Gasteiger partial charge in [-0.2, -0.15) is 0 Å². The number of piperidine rings is 1. The molecule has 44 heavy (non-hydrogen) atoms. The van der Waals surface area contributed by atoms with Crippen LogP contribution in [0.5, 0.6) is 0 Å². The molecule has 1 saturated heterocycles. The normalized spacial score (nSPS) is 23.2. The van der Waals surface area contributed by atoms with Gasteiger partial charge in [-0.15, -0.1) is 0 Å². The highest BCUT2D eigenvalue weighted by molar-refractivity contribution is 5.43. The monoisotopic (exact) mass is 609 g/mol. The Hall–Kier alpha value is -1.80. The van der Waals surface area contributed by atoms with E-state index in [4.69, 9.17) is 0 Å². The van der Waals surface area contributed by atoms with Crippen LogP contribution >= 0.6 is 0 Å². The fourth-order valence-electron chi connectivity index (χ4n) is 5.66. The first-order chi connectivity index (χ1) is 21.0. The Morgan fingerprint density at radius 3 is 1.14 bits per heavy atom. The van der Waals surface area contributed by atoms with E-state index < -0.39 is 0 Å². The fourth-order valence-corrected chi connectivity index (χ4v) is 5.66. The van der Waals surface area contributed by atoms with Crippen molar-refractivity contribution < 1.29 is 0 Å². The van der Waals surface area contributed by atoms with Crippen LogP contribution in [0.3, 0.4) is 0 Å². The van der Waals surface area contributed by atoms with Crippen LogP contribution in [0.4, 0.5) is 5.69 Å². The topological polar surface area (TPSA) is 15.3 Å². The highest BCUT2D eigenvalue weighted by Gasteiger charge is 2.16. The van der Waals surface area contributed by atoms with Crippen molar-refractivity contribution in [1.29, 1.82) is 0 Å². The van der Waals surface area contributed by atoms with Gasteiger partial charge in [0, 0.05) is 12.7 Å². The van der Waals surface area contributed by atoms with Crippen molar-refractivity contribution in [3.63, 3.8) is 0 Å². The quantitative estimate of drug-likeness (QED) is 0.365. The molecule has 0 bridgehead atoms. The molecule has 0 spiro atoms. The number of hydrogen-bond acceptors (Lipinski definition) is 2. The van der Waals surface area contributed by atoms with Gasteiger partial charge in [0.15, 0.2) is 0 Å². The van der Waals surface area contributed by atoms with Crippen LogP contribution in [-0.4, -0.2) is 32.1 Å². The number of nitrogens with zero attached hydrogens (tertiary/aromatic N) is 1. The second kappa shape index (κ2) is 26.4. The van der Waals surface area contributed by atoms with Gasteiger partial charge >= 0.3 is 0 Å². The van der Waals surface area contributed by atoms with E-state index in [0.717, 1.165) is 29.6 Å². The first-order valence-corrected chi connectivity index (χ1v) is 18.5. The van der Waals surface area contributed by atoms with Gasteiger partial charge in [0.25, 0.3) is 0 Å². The van der Waals surface area contributed by atoms with Crippen LogP contribution in [0, 0.1) is 50.4 Å². The molecule has 5 rings (SSSR count). The molecule has 1 heterocycles. The molecule has 254 valence electrons. The summed E-state index contributed by atoms with van der Waals surface area (Å²) in [5, 5.41) is 3.05. The van der Waals surface area contributed by atoms with Crippen molar-refractivity contribution in [3.8, 4) is 0 Å². The minimum absolute atomic E-state index is 0.978. The molecular weight excluding hydrogens is 532 g/mol. The van der Waals surface area contributed by atoms with Gasteiger partial charge in [-0.25, -0.2) is 0 Å². The Bertz CT molecular complexity index is 802. The molecule has 0 amide bonds. The predicted molar refractivity (Wildman–Crippen MR) is 202 cm³/mol. The number of benzene rings is 2. The van der Waals surface area contributed by atoms with Crippen LogP contribution in [0.25, 0.3) is 0 Å². The smallest absolute Gasteiger partial charge is 0.0337 e. The first-order valence-electron chi connectivity index (χ1n) is 18.5. The minimum atomic E-state index is 0.978. The van der Waals surface area contributed by atoms with Crippen molar-refractivity contribution in [3.05, 3.63) is 65.2 Å². The van der Waals surface area contributed by atoms with Gasteiger partial charge in [0.1, 0.15) is 0 Å². The Balaban J connectivity index is 0.000000518. The third-order valence-corrected chi connectivity index (χ3v) is 9.58. The van der Waals surface area contributed by atoms with E-state index in [1.165, 1.54) is 106 Å². The number of likely N-dealkylation sites (tertiary alicyclic amines) is 1. The van der Waals surface area contributed by atoms with Crippen molar-refractivity contribution >= 4 is 5.69 Å². The molecule has 0 aromatic heterocycles. The molecule has 0 unspecified atom stereocenters. The number of rotatable bonds is 2. The lowest BCUT2D eigenvalue weighted by Crippen LogP contribution is -2.28. The zero-order valence-electron chi connectivity index (χ0n) is 31.6. The summed E-state index contributed by atoms with van der Waals surface area (Å²) in [5.74, 6) is 5.11. The average molecular weight is 609 g/mol. The highest BCUT2D eigenvalue weighted by atomic mass is 15.1. The maximum Gasteiger partial charge on any atom is 0.0337 e. The molecule has 2 saturated carbocycles. The predicted octanol–water partition coefficient (Wildman–Crippen LogP) is 12.8. The molecule has 0 atom stereocenters. The zero-order chi connectivity index (χ0) is 33.3. The molecule has 1 N–H and O–H groups in total. The molecule has 3 fully saturated rings. The highest BCUT2D eigenvalue weighted by Crippen LogP contribution is 2.30. The lowest BCUT2D eigenvalue weighted by atomic mass is 9.82.